The van der Waals surface area contributed by atoms with Crippen molar-refractivity contribution in [3.63, 3.8) is 0 Å². The number of carbonyl (C=O) groups is 2. The minimum atomic E-state index is -0.573. The Labute approximate surface area is 184 Å². The molecule has 2 atom stereocenters. The maximum Gasteiger partial charge on any atom is 0.261 e. The molecule has 0 aliphatic rings. The molecule has 0 heterocycles. The van der Waals surface area contributed by atoms with Crippen LogP contribution in [0.1, 0.15) is 44.7 Å². The van der Waals surface area contributed by atoms with E-state index >= 15 is 0 Å². The highest BCUT2D eigenvalue weighted by molar-refractivity contribution is 6.30. The average molecular weight is 431 g/mol. The molecule has 0 bridgehead atoms. The first-order valence-electron chi connectivity index (χ1n) is 10.4. The summed E-state index contributed by atoms with van der Waals surface area (Å²) in [5, 5.41) is 3.54. The molecule has 162 valence electrons. The Morgan fingerprint density at radius 1 is 1.10 bits per heavy atom. The summed E-state index contributed by atoms with van der Waals surface area (Å²) in [6.07, 6.45) is 1.34. The first-order valence-corrected chi connectivity index (χ1v) is 10.8. The highest BCUT2D eigenvalue weighted by Crippen LogP contribution is 2.18. The Morgan fingerprint density at radius 2 is 1.80 bits per heavy atom. The van der Waals surface area contributed by atoms with Crippen molar-refractivity contribution in [1.82, 2.24) is 10.2 Å². The van der Waals surface area contributed by atoms with Gasteiger partial charge in [0, 0.05) is 17.6 Å². The maximum atomic E-state index is 13.1. The summed E-state index contributed by atoms with van der Waals surface area (Å²) in [4.78, 5) is 27.6. The van der Waals surface area contributed by atoms with Crippen molar-refractivity contribution < 1.29 is 14.3 Å². The lowest BCUT2D eigenvalue weighted by molar-refractivity contribution is -0.143. The minimum Gasteiger partial charge on any atom is -0.484 e. The van der Waals surface area contributed by atoms with Gasteiger partial charge in [-0.3, -0.25) is 9.59 Å². The number of halogens is 1. The molecular formula is C24H31ClN2O3. The van der Waals surface area contributed by atoms with Gasteiger partial charge in [-0.2, -0.15) is 0 Å². The van der Waals surface area contributed by atoms with E-state index in [1.165, 1.54) is 0 Å². The predicted molar refractivity (Wildman–Crippen MR) is 121 cm³/mol. The van der Waals surface area contributed by atoms with Crippen LogP contribution in [0.15, 0.2) is 48.5 Å². The monoisotopic (exact) mass is 430 g/mol. The number of amides is 2. The third-order valence-electron chi connectivity index (χ3n) is 5.02. The highest BCUT2D eigenvalue weighted by Gasteiger charge is 2.29. The lowest BCUT2D eigenvalue weighted by Gasteiger charge is -2.31. The normalized spacial score (nSPS) is 12.7. The maximum absolute atomic E-state index is 13.1. The molecule has 2 rings (SSSR count). The van der Waals surface area contributed by atoms with Gasteiger partial charge in [-0.25, -0.2) is 0 Å². The molecule has 6 heteroatoms. The number of hydrogen-bond donors (Lipinski definition) is 1. The molecule has 30 heavy (non-hydrogen) atoms. The number of aryl methyl sites for hydroxylation is 1. The summed E-state index contributed by atoms with van der Waals surface area (Å²) in [7, 11) is 0. The topological polar surface area (TPSA) is 58.6 Å². The van der Waals surface area contributed by atoms with Crippen LogP contribution in [-0.2, 0) is 16.1 Å². The first kappa shape index (κ1) is 23.7. The quantitative estimate of drug-likeness (QED) is 0.591. The standard InChI is InChI=1S/C24H31ClN2O3/c1-5-18(4)26-24(29)22(6-2)27(15-19-12-10-17(3)11-13-19)23(28)16-30-21-9-7-8-20(25)14-21/h7-14,18,22H,5-6,15-16H2,1-4H3,(H,26,29)/t18-,22-/m1/s1. The fourth-order valence-corrected chi connectivity index (χ4v) is 3.22. The average Bonchev–Trinajstić information content (AvgIpc) is 2.73. The first-order chi connectivity index (χ1) is 14.3. The van der Waals surface area contributed by atoms with E-state index in [0.29, 0.717) is 23.7 Å². The van der Waals surface area contributed by atoms with E-state index in [9.17, 15) is 9.59 Å². The zero-order valence-electron chi connectivity index (χ0n) is 18.2. The smallest absolute Gasteiger partial charge is 0.261 e. The molecule has 0 fully saturated rings. The molecule has 0 saturated heterocycles. The number of hydrogen-bond acceptors (Lipinski definition) is 3. The molecule has 1 N–H and O–H groups in total. The number of rotatable bonds is 10. The molecule has 2 aromatic rings. The van der Waals surface area contributed by atoms with E-state index in [-0.39, 0.29) is 24.5 Å². The van der Waals surface area contributed by atoms with Crippen LogP contribution >= 0.6 is 11.6 Å². The third-order valence-corrected chi connectivity index (χ3v) is 5.25. The van der Waals surface area contributed by atoms with Gasteiger partial charge < -0.3 is 15.0 Å². The Morgan fingerprint density at radius 3 is 2.40 bits per heavy atom. The molecule has 2 aromatic carbocycles. The summed E-state index contributed by atoms with van der Waals surface area (Å²) in [6, 6.07) is 14.3. The van der Waals surface area contributed by atoms with Crippen LogP contribution in [0.5, 0.6) is 5.75 Å². The molecule has 0 radical (unpaired) electrons. The van der Waals surface area contributed by atoms with Crippen LogP contribution in [0, 0.1) is 6.92 Å². The van der Waals surface area contributed by atoms with Gasteiger partial charge in [0.15, 0.2) is 6.61 Å². The lowest BCUT2D eigenvalue weighted by atomic mass is 10.1. The molecule has 0 aromatic heterocycles. The van der Waals surface area contributed by atoms with Crippen molar-refractivity contribution in [3.8, 4) is 5.75 Å². The summed E-state index contributed by atoms with van der Waals surface area (Å²) < 4.78 is 5.66. The summed E-state index contributed by atoms with van der Waals surface area (Å²) in [6.45, 7) is 8.07. The van der Waals surface area contributed by atoms with E-state index in [0.717, 1.165) is 17.5 Å². The van der Waals surface area contributed by atoms with Crippen LogP contribution in [0.3, 0.4) is 0 Å². The van der Waals surface area contributed by atoms with E-state index < -0.39 is 6.04 Å². The van der Waals surface area contributed by atoms with Gasteiger partial charge >= 0.3 is 0 Å². The fourth-order valence-electron chi connectivity index (χ4n) is 3.04. The Balaban J connectivity index is 2.20. The van der Waals surface area contributed by atoms with Gasteiger partial charge in [0.05, 0.1) is 0 Å². The second kappa shape index (κ2) is 11.6. The molecular weight excluding hydrogens is 400 g/mol. The van der Waals surface area contributed by atoms with E-state index in [2.05, 4.69) is 5.32 Å². The molecule has 0 aliphatic heterocycles. The number of nitrogens with zero attached hydrogens (tertiary/aromatic N) is 1. The van der Waals surface area contributed by atoms with Gasteiger partial charge in [0.25, 0.3) is 5.91 Å². The van der Waals surface area contributed by atoms with E-state index in [1.807, 2.05) is 52.0 Å². The zero-order chi connectivity index (χ0) is 22.1. The van der Waals surface area contributed by atoms with Gasteiger partial charge in [-0.1, -0.05) is 61.3 Å². The van der Waals surface area contributed by atoms with Crippen LogP contribution in [0.25, 0.3) is 0 Å². The molecule has 0 spiro atoms. The predicted octanol–water partition coefficient (Wildman–Crippen LogP) is 4.75. The van der Waals surface area contributed by atoms with Crippen molar-refractivity contribution in [2.24, 2.45) is 0 Å². The SMILES string of the molecule is CC[C@@H](C)NC(=O)[C@@H](CC)N(Cc1ccc(C)cc1)C(=O)COc1cccc(Cl)c1. The van der Waals surface area contributed by atoms with Crippen molar-refractivity contribution in [3.05, 3.63) is 64.7 Å². The lowest BCUT2D eigenvalue weighted by Crippen LogP contribution is -2.51. The second-order valence-electron chi connectivity index (χ2n) is 7.50. The third kappa shape index (κ3) is 7.06. The van der Waals surface area contributed by atoms with Gasteiger partial charge in [0.1, 0.15) is 11.8 Å². The van der Waals surface area contributed by atoms with E-state index in [4.69, 9.17) is 16.3 Å². The molecule has 5 nitrogen and oxygen atoms in total. The number of carbonyl (C=O) groups excluding carboxylic acids is 2. The zero-order valence-corrected chi connectivity index (χ0v) is 18.9. The second-order valence-corrected chi connectivity index (χ2v) is 7.93. The van der Waals surface area contributed by atoms with Gasteiger partial charge in [-0.05, 0) is 50.5 Å². The molecule has 0 aliphatic carbocycles. The van der Waals surface area contributed by atoms with Crippen LogP contribution in [-0.4, -0.2) is 35.4 Å². The summed E-state index contributed by atoms with van der Waals surface area (Å²) >= 11 is 5.99. The Kier molecular flexibility index (Phi) is 9.18. The van der Waals surface area contributed by atoms with Gasteiger partial charge in [-0.15, -0.1) is 0 Å². The van der Waals surface area contributed by atoms with Gasteiger partial charge in [0.2, 0.25) is 5.91 Å². The number of nitrogens with one attached hydrogen (secondary N) is 1. The number of ether oxygens (including phenoxy) is 1. The highest BCUT2D eigenvalue weighted by atomic mass is 35.5. The van der Waals surface area contributed by atoms with Crippen LogP contribution < -0.4 is 10.1 Å². The van der Waals surface area contributed by atoms with Crippen molar-refractivity contribution in [2.75, 3.05) is 6.61 Å². The van der Waals surface area contributed by atoms with Crippen molar-refractivity contribution in [1.29, 1.82) is 0 Å². The molecule has 2 amide bonds. The van der Waals surface area contributed by atoms with Crippen molar-refractivity contribution in [2.45, 2.75) is 59.2 Å². The molecule has 0 saturated carbocycles. The van der Waals surface area contributed by atoms with Crippen LogP contribution in [0.4, 0.5) is 0 Å². The summed E-state index contributed by atoms with van der Waals surface area (Å²) in [5.74, 6) is 0.125. The Hall–Kier alpha value is -2.53. The largest absolute Gasteiger partial charge is 0.484 e. The van der Waals surface area contributed by atoms with Crippen molar-refractivity contribution >= 4 is 23.4 Å². The number of benzene rings is 2. The van der Waals surface area contributed by atoms with Crippen LogP contribution in [0.2, 0.25) is 5.02 Å². The minimum absolute atomic E-state index is 0.0468. The van der Waals surface area contributed by atoms with E-state index in [1.54, 1.807) is 29.2 Å². The Bertz CT molecular complexity index is 839. The molecule has 0 unspecified atom stereocenters. The summed E-state index contributed by atoms with van der Waals surface area (Å²) in [5.41, 5.74) is 2.11. The fraction of sp³-hybridized carbons (Fsp3) is 0.417.